The Hall–Kier alpha value is -4.48. The summed E-state index contributed by atoms with van der Waals surface area (Å²) in [6.45, 7) is 6.68. The number of alkyl halides is 3. The van der Waals surface area contributed by atoms with Gasteiger partial charge in [-0.25, -0.2) is 19.6 Å². The number of nitrogens with one attached hydrogen (secondary N) is 1. The number of halogens is 3. The molecule has 0 aliphatic carbocycles. The lowest BCUT2D eigenvalue weighted by Crippen LogP contribution is -2.41. The van der Waals surface area contributed by atoms with Crippen molar-refractivity contribution in [2.45, 2.75) is 51.3 Å². The van der Waals surface area contributed by atoms with Gasteiger partial charge in [0.2, 0.25) is 5.95 Å². The van der Waals surface area contributed by atoms with Crippen molar-refractivity contribution < 1.29 is 32.6 Å². The number of piperidine rings is 1. The number of carboxylic acids is 1. The van der Waals surface area contributed by atoms with E-state index in [0.29, 0.717) is 25.0 Å². The minimum Gasteiger partial charge on any atom is -0.478 e. The maximum atomic E-state index is 13.6. The molecular formula is C29H30F3N5O4. The van der Waals surface area contributed by atoms with Crippen molar-refractivity contribution in [2.75, 3.05) is 18.4 Å². The Kier molecular flexibility index (Phi) is 8.60. The molecule has 3 aromatic rings. The number of carboxylic acid groups (broad SMARTS) is 1. The van der Waals surface area contributed by atoms with Crippen molar-refractivity contribution in [3.63, 3.8) is 0 Å². The molecule has 3 heterocycles. The first-order valence-electron chi connectivity index (χ1n) is 12.9. The zero-order valence-corrected chi connectivity index (χ0v) is 22.8. The van der Waals surface area contributed by atoms with Gasteiger partial charge in [-0.2, -0.15) is 13.2 Å². The van der Waals surface area contributed by atoms with Crippen LogP contribution in [-0.2, 0) is 10.9 Å². The van der Waals surface area contributed by atoms with E-state index in [9.17, 15) is 22.8 Å². The predicted molar refractivity (Wildman–Crippen MR) is 147 cm³/mol. The molecule has 0 atom stereocenters. The van der Waals surface area contributed by atoms with Crippen LogP contribution < -0.4 is 5.32 Å². The molecule has 9 nitrogen and oxygen atoms in total. The lowest BCUT2D eigenvalue weighted by Gasteiger charge is -2.33. The number of hydrogen-bond donors (Lipinski definition) is 2. The van der Waals surface area contributed by atoms with E-state index in [4.69, 9.17) is 9.84 Å². The molecule has 0 bridgehead atoms. The first-order chi connectivity index (χ1) is 19.3. The van der Waals surface area contributed by atoms with Crippen LogP contribution in [0, 0.1) is 0 Å². The lowest BCUT2D eigenvalue weighted by molar-refractivity contribution is -0.138. The van der Waals surface area contributed by atoms with Crippen molar-refractivity contribution >= 4 is 35.9 Å². The molecule has 1 saturated heterocycles. The number of hydrogen-bond acceptors (Lipinski definition) is 7. The molecule has 4 rings (SSSR count). The second kappa shape index (κ2) is 11.9. The number of likely N-dealkylation sites (tertiary alicyclic amines) is 1. The average Bonchev–Trinajstić information content (AvgIpc) is 2.91. The Morgan fingerprint density at radius 2 is 1.73 bits per heavy atom. The maximum absolute atomic E-state index is 13.6. The fourth-order valence-corrected chi connectivity index (χ4v) is 4.33. The standard InChI is InChI=1S/C29H30F3N5O4/c1-28(2,3)41-27(40)37-14-11-19(12-15-37)18-4-6-21(7-5-18)35-26-34-17-23(29(30,31)32)24(36-26)9-8-22-16-20(25(38)39)10-13-33-22/h4-10,13,16-17,19H,11-12,14-15H2,1-3H3,(H,38,39)(H,34,35,36)/b9-8+. The number of pyridine rings is 1. The average molecular weight is 570 g/mol. The Balaban J connectivity index is 1.45. The van der Waals surface area contributed by atoms with Crippen LogP contribution in [0.15, 0.2) is 48.8 Å². The topological polar surface area (TPSA) is 118 Å². The molecule has 0 spiro atoms. The number of aromatic carboxylic acids is 1. The monoisotopic (exact) mass is 569 g/mol. The van der Waals surface area contributed by atoms with E-state index in [-0.39, 0.29) is 29.2 Å². The molecule has 1 aliphatic rings. The van der Waals surface area contributed by atoms with Gasteiger partial charge >= 0.3 is 18.2 Å². The van der Waals surface area contributed by atoms with Crippen molar-refractivity contribution in [3.8, 4) is 0 Å². The molecule has 1 fully saturated rings. The van der Waals surface area contributed by atoms with Gasteiger partial charge in [0.05, 0.1) is 22.5 Å². The van der Waals surface area contributed by atoms with Crippen LogP contribution in [0.3, 0.4) is 0 Å². The third-order valence-corrected chi connectivity index (χ3v) is 6.35. The molecule has 216 valence electrons. The lowest BCUT2D eigenvalue weighted by atomic mass is 9.89. The van der Waals surface area contributed by atoms with Crippen molar-refractivity contribution in [1.29, 1.82) is 0 Å². The normalized spacial score (nSPS) is 14.7. The van der Waals surface area contributed by atoms with Gasteiger partial charge in [0, 0.05) is 31.2 Å². The van der Waals surface area contributed by atoms with Crippen molar-refractivity contribution in [2.24, 2.45) is 0 Å². The van der Waals surface area contributed by atoms with E-state index in [0.717, 1.165) is 24.5 Å². The highest BCUT2D eigenvalue weighted by atomic mass is 19.4. The van der Waals surface area contributed by atoms with Crippen LogP contribution in [0.1, 0.15) is 72.4 Å². The summed E-state index contributed by atoms with van der Waals surface area (Å²) >= 11 is 0. The summed E-state index contributed by atoms with van der Waals surface area (Å²) in [4.78, 5) is 37.1. The molecular weight excluding hydrogens is 539 g/mol. The zero-order chi connectivity index (χ0) is 29.8. The maximum Gasteiger partial charge on any atom is 0.419 e. The first-order valence-corrected chi connectivity index (χ1v) is 12.9. The molecule has 0 saturated carbocycles. The van der Waals surface area contributed by atoms with Gasteiger partial charge in [-0.15, -0.1) is 0 Å². The van der Waals surface area contributed by atoms with Gasteiger partial charge in [0.15, 0.2) is 0 Å². The predicted octanol–water partition coefficient (Wildman–Crippen LogP) is 6.62. The number of anilines is 2. The summed E-state index contributed by atoms with van der Waals surface area (Å²) in [6, 6.07) is 9.99. The summed E-state index contributed by atoms with van der Waals surface area (Å²) in [6.07, 6.45) is 0.897. The molecule has 1 aliphatic heterocycles. The molecule has 41 heavy (non-hydrogen) atoms. The van der Waals surface area contributed by atoms with E-state index in [1.165, 1.54) is 24.4 Å². The summed E-state index contributed by atoms with van der Waals surface area (Å²) < 4.78 is 46.3. The van der Waals surface area contributed by atoms with Crippen molar-refractivity contribution in [1.82, 2.24) is 19.9 Å². The molecule has 1 aromatic carbocycles. The number of ether oxygens (including phenoxy) is 1. The van der Waals surface area contributed by atoms with Crippen LogP contribution in [0.5, 0.6) is 0 Å². The molecule has 12 heteroatoms. The van der Waals surface area contributed by atoms with E-state index >= 15 is 0 Å². The van der Waals surface area contributed by atoms with Gasteiger partial charge in [-0.1, -0.05) is 12.1 Å². The molecule has 1 amide bonds. The number of aromatic nitrogens is 3. The zero-order valence-electron chi connectivity index (χ0n) is 22.8. The Morgan fingerprint density at radius 1 is 1.05 bits per heavy atom. The largest absolute Gasteiger partial charge is 0.478 e. The van der Waals surface area contributed by atoms with E-state index in [2.05, 4.69) is 20.3 Å². The SMILES string of the molecule is CC(C)(C)OC(=O)N1CCC(c2ccc(Nc3ncc(C(F)(F)F)c(/C=C/c4cc(C(=O)O)ccn4)n3)cc2)CC1. The molecule has 0 unspecified atom stereocenters. The Labute approximate surface area is 235 Å². The third kappa shape index (κ3) is 8.03. The number of nitrogens with zero attached hydrogens (tertiary/aromatic N) is 4. The second-order valence-corrected chi connectivity index (χ2v) is 10.6. The quantitative estimate of drug-likeness (QED) is 0.340. The summed E-state index contributed by atoms with van der Waals surface area (Å²) in [5.41, 5.74) is -0.183. The summed E-state index contributed by atoms with van der Waals surface area (Å²) in [7, 11) is 0. The minimum absolute atomic E-state index is 0.0386. The first kappa shape index (κ1) is 29.5. The van der Waals surface area contributed by atoms with Crippen LogP contribution in [0.4, 0.5) is 29.6 Å². The highest BCUT2D eigenvalue weighted by Crippen LogP contribution is 2.33. The number of amides is 1. The van der Waals surface area contributed by atoms with Crippen LogP contribution in [-0.4, -0.2) is 55.7 Å². The summed E-state index contributed by atoms with van der Waals surface area (Å²) in [5, 5.41) is 12.1. The summed E-state index contributed by atoms with van der Waals surface area (Å²) in [5.74, 6) is -0.956. The van der Waals surface area contributed by atoms with E-state index in [1.807, 2.05) is 32.9 Å². The number of rotatable bonds is 6. The Morgan fingerprint density at radius 3 is 2.34 bits per heavy atom. The fourth-order valence-electron chi connectivity index (χ4n) is 4.33. The highest BCUT2D eigenvalue weighted by molar-refractivity contribution is 5.88. The van der Waals surface area contributed by atoms with Crippen LogP contribution in [0.25, 0.3) is 12.2 Å². The van der Waals surface area contributed by atoms with Crippen molar-refractivity contribution in [3.05, 3.63) is 76.9 Å². The smallest absolute Gasteiger partial charge is 0.419 e. The Bertz CT molecular complexity index is 1430. The number of benzene rings is 1. The van der Waals surface area contributed by atoms with Crippen LogP contribution >= 0.6 is 0 Å². The van der Waals surface area contributed by atoms with E-state index < -0.39 is 29.0 Å². The van der Waals surface area contributed by atoms with Crippen LogP contribution in [0.2, 0.25) is 0 Å². The highest BCUT2D eigenvalue weighted by Gasteiger charge is 2.34. The number of carbonyl (C=O) groups is 2. The fraction of sp³-hybridized carbons (Fsp3) is 0.345. The minimum atomic E-state index is -4.70. The van der Waals surface area contributed by atoms with Gasteiger partial charge in [-0.3, -0.25) is 4.98 Å². The van der Waals surface area contributed by atoms with E-state index in [1.54, 1.807) is 17.0 Å². The molecule has 2 N–H and O–H groups in total. The number of carbonyl (C=O) groups excluding carboxylic acids is 1. The van der Waals surface area contributed by atoms with Gasteiger partial charge in [0.1, 0.15) is 5.60 Å². The third-order valence-electron chi connectivity index (χ3n) is 6.35. The van der Waals surface area contributed by atoms with Gasteiger partial charge < -0.3 is 20.1 Å². The van der Waals surface area contributed by atoms with Gasteiger partial charge in [0.25, 0.3) is 0 Å². The molecule has 0 radical (unpaired) electrons. The molecule has 2 aromatic heterocycles. The second-order valence-electron chi connectivity index (χ2n) is 10.6. The van der Waals surface area contributed by atoms with Gasteiger partial charge in [-0.05, 0) is 81.5 Å².